The third kappa shape index (κ3) is 7.41. The van der Waals surface area contributed by atoms with E-state index in [1.807, 2.05) is 6.92 Å². The van der Waals surface area contributed by atoms with Crippen LogP contribution in [0.3, 0.4) is 0 Å². The molecule has 156 valence electrons. The van der Waals surface area contributed by atoms with E-state index in [1.165, 1.54) is 0 Å². The lowest BCUT2D eigenvalue weighted by molar-refractivity contribution is -0.123. The van der Waals surface area contributed by atoms with Crippen molar-refractivity contribution < 1.29 is 9.00 Å². The molecule has 4 N–H and O–H groups in total. The highest BCUT2D eigenvalue weighted by atomic mass is 32.2. The van der Waals surface area contributed by atoms with Crippen LogP contribution in [-0.4, -0.2) is 71.2 Å². The lowest BCUT2D eigenvalue weighted by atomic mass is 9.95. The van der Waals surface area contributed by atoms with Crippen LogP contribution in [0.25, 0.3) is 0 Å². The molecular formula is C19H37N5O2S. The third-order valence-electron chi connectivity index (χ3n) is 5.70. The molecule has 0 aromatic heterocycles. The maximum absolute atomic E-state index is 12.1. The summed E-state index contributed by atoms with van der Waals surface area (Å²) in [4.78, 5) is 18.0. The zero-order valence-electron chi connectivity index (χ0n) is 16.9. The second-order valence-corrected chi connectivity index (χ2v) is 9.70. The number of rotatable bonds is 8. The standard InChI is InChI=1S/C19H37N5O2S/c1-3-27(26)17-9-4-8-16(13-17)23-19(21-2)22-10-6-12-24-11-5-7-15(14-24)18(20)25/h15-17H,3-14H2,1-2H3,(H2,20,25)(H2,21,22,23). The molecule has 2 aliphatic rings. The van der Waals surface area contributed by atoms with Gasteiger partial charge in [0.2, 0.25) is 5.91 Å². The predicted octanol–water partition coefficient (Wildman–Crippen LogP) is 0.819. The highest BCUT2D eigenvalue weighted by Gasteiger charge is 2.26. The number of carbonyl (C=O) groups is 1. The maximum atomic E-state index is 12.1. The van der Waals surface area contributed by atoms with Gasteiger partial charge in [-0.1, -0.05) is 13.3 Å². The Bertz CT molecular complexity index is 528. The van der Waals surface area contributed by atoms with Crippen molar-refractivity contribution in [1.29, 1.82) is 0 Å². The second kappa shape index (κ2) is 11.6. The van der Waals surface area contributed by atoms with Gasteiger partial charge in [0, 0.05) is 48.0 Å². The van der Waals surface area contributed by atoms with E-state index in [4.69, 9.17) is 5.73 Å². The van der Waals surface area contributed by atoms with Crippen molar-refractivity contribution >= 4 is 22.7 Å². The Labute approximate surface area is 166 Å². The van der Waals surface area contributed by atoms with Crippen molar-refractivity contribution in [2.45, 2.75) is 63.2 Å². The van der Waals surface area contributed by atoms with Crippen molar-refractivity contribution in [3.63, 3.8) is 0 Å². The van der Waals surface area contributed by atoms with Crippen LogP contribution in [0.15, 0.2) is 4.99 Å². The first-order chi connectivity index (χ1) is 13.0. The van der Waals surface area contributed by atoms with Crippen molar-refractivity contribution in [3.8, 4) is 0 Å². The van der Waals surface area contributed by atoms with Gasteiger partial charge < -0.3 is 21.3 Å². The molecule has 1 heterocycles. The SMILES string of the molecule is CCS(=O)C1CCCC(NC(=NC)NCCCN2CCCC(C(N)=O)C2)C1. The number of carbonyl (C=O) groups excluding carboxylic acids is 1. The summed E-state index contributed by atoms with van der Waals surface area (Å²) in [6, 6.07) is 0.351. The largest absolute Gasteiger partial charge is 0.369 e. The van der Waals surface area contributed by atoms with Gasteiger partial charge in [-0.2, -0.15) is 0 Å². The molecule has 0 aromatic carbocycles. The first kappa shape index (κ1) is 22.1. The number of primary amides is 1. The van der Waals surface area contributed by atoms with Gasteiger partial charge in [-0.25, -0.2) is 0 Å². The Morgan fingerprint density at radius 3 is 2.81 bits per heavy atom. The second-order valence-electron chi connectivity index (χ2n) is 7.69. The van der Waals surface area contributed by atoms with Gasteiger partial charge in [-0.3, -0.25) is 14.0 Å². The fourth-order valence-corrected chi connectivity index (χ4v) is 5.49. The van der Waals surface area contributed by atoms with Crippen LogP contribution in [0.5, 0.6) is 0 Å². The van der Waals surface area contributed by atoms with Gasteiger partial charge in [0.15, 0.2) is 5.96 Å². The number of hydrogen-bond donors (Lipinski definition) is 3. The number of nitrogens with two attached hydrogens (primary N) is 1. The highest BCUT2D eigenvalue weighted by molar-refractivity contribution is 7.85. The van der Waals surface area contributed by atoms with Crippen molar-refractivity contribution in [2.75, 3.05) is 39.0 Å². The molecule has 1 aliphatic carbocycles. The van der Waals surface area contributed by atoms with E-state index in [2.05, 4.69) is 20.5 Å². The zero-order valence-corrected chi connectivity index (χ0v) is 17.7. The highest BCUT2D eigenvalue weighted by Crippen LogP contribution is 2.23. The van der Waals surface area contributed by atoms with Gasteiger partial charge in [0.05, 0.1) is 5.92 Å². The van der Waals surface area contributed by atoms with Crippen LogP contribution in [0.2, 0.25) is 0 Å². The molecule has 4 unspecified atom stereocenters. The molecule has 7 nitrogen and oxygen atoms in total. The third-order valence-corrected chi connectivity index (χ3v) is 7.44. The summed E-state index contributed by atoms with van der Waals surface area (Å²) in [5.41, 5.74) is 5.45. The number of aliphatic imine (C=N–C) groups is 1. The van der Waals surface area contributed by atoms with E-state index >= 15 is 0 Å². The average Bonchev–Trinajstić information content (AvgIpc) is 2.70. The van der Waals surface area contributed by atoms with Crippen molar-refractivity contribution in [1.82, 2.24) is 15.5 Å². The smallest absolute Gasteiger partial charge is 0.221 e. The van der Waals surface area contributed by atoms with Crippen LogP contribution in [0.1, 0.15) is 51.9 Å². The molecule has 2 fully saturated rings. The first-order valence-corrected chi connectivity index (χ1v) is 11.8. The van der Waals surface area contributed by atoms with Gasteiger partial charge in [-0.05, 0) is 51.6 Å². The lowest BCUT2D eigenvalue weighted by Crippen LogP contribution is -2.47. The Morgan fingerprint density at radius 2 is 2.11 bits per heavy atom. The summed E-state index contributed by atoms with van der Waals surface area (Å²) in [6.07, 6.45) is 7.25. The molecule has 27 heavy (non-hydrogen) atoms. The monoisotopic (exact) mass is 399 g/mol. The minimum atomic E-state index is -0.706. The number of nitrogens with one attached hydrogen (secondary N) is 2. The van der Waals surface area contributed by atoms with Crippen LogP contribution in [0, 0.1) is 5.92 Å². The lowest BCUT2D eigenvalue weighted by Gasteiger charge is -2.31. The van der Waals surface area contributed by atoms with Gasteiger partial charge >= 0.3 is 0 Å². The van der Waals surface area contributed by atoms with Gasteiger partial charge in [0.1, 0.15) is 0 Å². The molecule has 0 spiro atoms. The van der Waals surface area contributed by atoms with Crippen LogP contribution in [-0.2, 0) is 15.6 Å². The average molecular weight is 400 g/mol. The molecule has 0 radical (unpaired) electrons. The van der Waals surface area contributed by atoms with E-state index in [-0.39, 0.29) is 11.8 Å². The van der Waals surface area contributed by atoms with Crippen LogP contribution in [0.4, 0.5) is 0 Å². The Kier molecular flexibility index (Phi) is 9.54. The number of amides is 1. The molecule has 1 saturated heterocycles. The van der Waals surface area contributed by atoms with E-state index in [1.54, 1.807) is 7.05 Å². The molecule has 1 amide bonds. The molecule has 0 aromatic rings. The minimum absolute atomic E-state index is 0.00839. The summed E-state index contributed by atoms with van der Waals surface area (Å²) in [7, 11) is 1.09. The van der Waals surface area contributed by atoms with Crippen LogP contribution >= 0.6 is 0 Å². The first-order valence-electron chi connectivity index (χ1n) is 10.4. The number of piperidine rings is 1. The van der Waals surface area contributed by atoms with Crippen molar-refractivity contribution in [2.24, 2.45) is 16.6 Å². The number of guanidine groups is 1. The van der Waals surface area contributed by atoms with E-state index < -0.39 is 10.8 Å². The molecule has 8 heteroatoms. The minimum Gasteiger partial charge on any atom is -0.369 e. The van der Waals surface area contributed by atoms with Gasteiger partial charge in [-0.15, -0.1) is 0 Å². The Morgan fingerprint density at radius 1 is 1.30 bits per heavy atom. The Balaban J connectivity index is 1.67. The van der Waals surface area contributed by atoms with Crippen LogP contribution < -0.4 is 16.4 Å². The molecule has 1 aliphatic heterocycles. The number of nitrogens with zero attached hydrogens (tertiary/aromatic N) is 2. The predicted molar refractivity (Wildman–Crippen MR) is 112 cm³/mol. The number of likely N-dealkylation sites (tertiary alicyclic amines) is 1. The molecule has 0 bridgehead atoms. The van der Waals surface area contributed by atoms with Crippen molar-refractivity contribution in [3.05, 3.63) is 0 Å². The topological polar surface area (TPSA) is 99.8 Å². The summed E-state index contributed by atoms with van der Waals surface area (Å²) in [5, 5.41) is 7.21. The fraction of sp³-hybridized carbons (Fsp3) is 0.895. The molecule has 2 rings (SSSR count). The summed E-state index contributed by atoms with van der Waals surface area (Å²) < 4.78 is 12.1. The normalized spacial score (nSPS) is 28.5. The van der Waals surface area contributed by atoms with Gasteiger partial charge in [0.25, 0.3) is 0 Å². The van der Waals surface area contributed by atoms with E-state index in [0.717, 1.165) is 82.8 Å². The summed E-state index contributed by atoms with van der Waals surface area (Å²) in [6.45, 7) is 5.65. The molecule has 4 atom stereocenters. The van der Waals surface area contributed by atoms with E-state index in [0.29, 0.717) is 11.3 Å². The Hall–Kier alpha value is -1.15. The summed E-state index contributed by atoms with van der Waals surface area (Å²) in [5.74, 6) is 1.42. The molecule has 1 saturated carbocycles. The number of hydrogen-bond acceptors (Lipinski definition) is 4. The van der Waals surface area contributed by atoms with E-state index in [9.17, 15) is 9.00 Å². The quantitative estimate of drug-likeness (QED) is 0.319. The summed E-state index contributed by atoms with van der Waals surface area (Å²) >= 11 is 0. The molecular weight excluding hydrogens is 362 g/mol. The maximum Gasteiger partial charge on any atom is 0.221 e. The zero-order chi connectivity index (χ0) is 19.6. The fourth-order valence-electron chi connectivity index (χ4n) is 4.14.